The van der Waals surface area contributed by atoms with Crippen molar-refractivity contribution >= 4 is 29.3 Å². The van der Waals surface area contributed by atoms with Gasteiger partial charge in [-0.15, -0.1) is 0 Å². The van der Waals surface area contributed by atoms with Crippen LogP contribution in [0.5, 0.6) is 5.75 Å². The van der Waals surface area contributed by atoms with Gasteiger partial charge in [-0.3, -0.25) is 4.79 Å². The highest BCUT2D eigenvalue weighted by atomic mass is 127. The average Bonchev–Trinajstić information content (AvgIpc) is 3.05. The van der Waals surface area contributed by atoms with Crippen molar-refractivity contribution in [2.45, 2.75) is 58.0 Å². The van der Waals surface area contributed by atoms with Crippen LogP contribution in [-0.4, -0.2) is 37.1 Å². The minimum absolute atomic E-state index is 0. The number of nitrogens with zero attached hydrogens (tertiary/aromatic N) is 1. The van der Waals surface area contributed by atoms with Gasteiger partial charge in [-0.25, -0.2) is 0 Å². The lowest BCUT2D eigenvalue weighted by molar-refractivity contribution is -0.928. The maximum atomic E-state index is 12.8. The Bertz CT molecular complexity index is 1010. The molecule has 178 valence electrons. The molecule has 1 fully saturated rings. The highest BCUT2D eigenvalue weighted by Gasteiger charge is 2.29. The van der Waals surface area contributed by atoms with Gasteiger partial charge in [0.15, 0.2) is 0 Å². The Kier molecular flexibility index (Phi) is 8.87. The van der Waals surface area contributed by atoms with Crippen LogP contribution in [0.15, 0.2) is 42.0 Å². The summed E-state index contributed by atoms with van der Waals surface area (Å²) in [4.78, 5) is 12.8. The van der Waals surface area contributed by atoms with Crippen LogP contribution in [0.1, 0.15) is 55.2 Å². The zero-order chi connectivity index (χ0) is 22.7. The molecule has 0 spiro atoms. The third-order valence-corrected chi connectivity index (χ3v) is 7.09. The number of hydrogen-bond acceptors (Lipinski definition) is 2. The van der Waals surface area contributed by atoms with Crippen LogP contribution in [0.4, 0.5) is 5.69 Å². The topological polar surface area (TPSA) is 38.3 Å². The lowest BCUT2D eigenvalue weighted by atomic mass is 10.0. The molecular weight excluding hydrogens is 547 g/mol. The van der Waals surface area contributed by atoms with E-state index < -0.39 is 0 Å². The number of carbonyl (C=O) groups is 1. The normalized spacial score (nSPS) is 16.5. The highest BCUT2D eigenvalue weighted by molar-refractivity contribution is 6.31. The fraction of sp³-hybridized carbons (Fsp3) is 0.444. The van der Waals surface area contributed by atoms with Gasteiger partial charge in [0, 0.05) is 21.8 Å². The maximum absolute atomic E-state index is 12.8. The van der Waals surface area contributed by atoms with Crippen LogP contribution in [0.3, 0.4) is 0 Å². The van der Waals surface area contributed by atoms with Gasteiger partial charge in [-0.1, -0.05) is 36.6 Å². The first-order valence-electron chi connectivity index (χ1n) is 11.7. The molecule has 0 saturated heterocycles. The second kappa shape index (κ2) is 11.2. The number of quaternary nitrogens is 1. The summed E-state index contributed by atoms with van der Waals surface area (Å²) in [6.45, 7) is 3.22. The molecule has 2 aromatic rings. The quantitative estimate of drug-likeness (QED) is 0.335. The van der Waals surface area contributed by atoms with Crippen LogP contribution in [-0.2, 0) is 11.3 Å². The van der Waals surface area contributed by atoms with Gasteiger partial charge in [0.25, 0.3) is 5.91 Å². The summed E-state index contributed by atoms with van der Waals surface area (Å²) < 4.78 is 6.86. The Labute approximate surface area is 220 Å². The first kappa shape index (κ1) is 26.0. The SMILES string of the molecule is Cc1cc(Cl)cc2c1OCC(C(=O)Nc1ccc(C[N+](C)(C)C3CCCCCC3)cc1)=C2.[I-]. The van der Waals surface area contributed by atoms with E-state index in [2.05, 4.69) is 31.5 Å². The van der Waals surface area contributed by atoms with Gasteiger partial charge in [0.2, 0.25) is 0 Å². The van der Waals surface area contributed by atoms with E-state index in [0.29, 0.717) is 10.6 Å². The molecule has 0 bridgehead atoms. The van der Waals surface area contributed by atoms with Gasteiger partial charge >= 0.3 is 0 Å². The summed E-state index contributed by atoms with van der Waals surface area (Å²) >= 11 is 6.17. The molecule has 1 aliphatic carbocycles. The lowest BCUT2D eigenvalue weighted by Gasteiger charge is -2.38. The molecule has 2 aliphatic rings. The number of ether oxygens (including phenoxy) is 1. The third kappa shape index (κ3) is 6.52. The predicted octanol–water partition coefficient (Wildman–Crippen LogP) is 3.37. The number of hydrogen-bond donors (Lipinski definition) is 1. The first-order valence-corrected chi connectivity index (χ1v) is 12.1. The van der Waals surface area contributed by atoms with Crippen LogP contribution >= 0.6 is 11.6 Å². The van der Waals surface area contributed by atoms with Crippen LogP contribution < -0.4 is 34.0 Å². The summed E-state index contributed by atoms with van der Waals surface area (Å²) in [6, 6.07) is 12.7. The number of anilines is 1. The highest BCUT2D eigenvalue weighted by Crippen LogP contribution is 2.33. The molecular formula is C27H34ClIN2O2. The molecule has 0 atom stereocenters. The Hall–Kier alpha value is -1.57. The average molecular weight is 581 g/mol. The molecule has 1 amide bonds. The van der Waals surface area contributed by atoms with Crippen molar-refractivity contribution in [3.8, 4) is 5.75 Å². The van der Waals surface area contributed by atoms with Crippen molar-refractivity contribution in [2.75, 3.05) is 26.0 Å². The summed E-state index contributed by atoms with van der Waals surface area (Å²) in [7, 11) is 4.71. The number of carbonyl (C=O) groups excluding carboxylic acids is 1. The maximum Gasteiger partial charge on any atom is 0.255 e. The van der Waals surface area contributed by atoms with E-state index in [9.17, 15) is 4.79 Å². The van der Waals surface area contributed by atoms with Gasteiger partial charge in [-0.05, 0) is 68.5 Å². The molecule has 1 N–H and O–H groups in total. The Morgan fingerprint density at radius 2 is 1.76 bits per heavy atom. The molecule has 1 heterocycles. The standard InChI is InChI=1S/C27H33ClN2O2.HI/c1-19-14-23(28)16-21-15-22(18-32-26(19)21)27(31)29-24-12-10-20(11-13-24)17-30(2,3)25-8-6-4-5-7-9-25;/h10-16,25H,4-9,17-18H2,1-3H3;1H. The van der Waals surface area contributed by atoms with E-state index in [-0.39, 0.29) is 36.5 Å². The minimum atomic E-state index is -0.143. The lowest BCUT2D eigenvalue weighted by Crippen LogP contribution is -3.00. The van der Waals surface area contributed by atoms with E-state index in [1.807, 2.05) is 37.3 Å². The summed E-state index contributed by atoms with van der Waals surface area (Å²) in [5.74, 6) is 0.653. The van der Waals surface area contributed by atoms with E-state index >= 15 is 0 Å². The largest absolute Gasteiger partial charge is 1.00 e. The zero-order valence-electron chi connectivity index (χ0n) is 19.8. The Morgan fingerprint density at radius 1 is 1.09 bits per heavy atom. The summed E-state index contributed by atoms with van der Waals surface area (Å²) in [6.07, 6.45) is 9.99. The summed E-state index contributed by atoms with van der Waals surface area (Å²) in [5.41, 5.74) is 4.52. The number of aryl methyl sites for hydroxylation is 1. The fourth-order valence-electron chi connectivity index (χ4n) is 5.03. The Morgan fingerprint density at radius 3 is 2.42 bits per heavy atom. The predicted molar refractivity (Wildman–Crippen MR) is 132 cm³/mol. The molecule has 1 saturated carbocycles. The van der Waals surface area contributed by atoms with Crippen LogP contribution in [0, 0.1) is 6.92 Å². The van der Waals surface area contributed by atoms with Crippen molar-refractivity contribution in [3.63, 3.8) is 0 Å². The number of benzene rings is 2. The minimum Gasteiger partial charge on any atom is -1.00 e. The van der Waals surface area contributed by atoms with Crippen LogP contribution in [0.2, 0.25) is 5.02 Å². The van der Waals surface area contributed by atoms with Crippen molar-refractivity contribution in [1.82, 2.24) is 0 Å². The molecule has 0 radical (unpaired) electrons. The van der Waals surface area contributed by atoms with Crippen molar-refractivity contribution in [3.05, 3.63) is 63.7 Å². The molecule has 6 heteroatoms. The van der Waals surface area contributed by atoms with E-state index in [4.69, 9.17) is 16.3 Å². The van der Waals surface area contributed by atoms with Gasteiger partial charge < -0.3 is 38.5 Å². The number of halogens is 2. The van der Waals surface area contributed by atoms with E-state index in [1.165, 1.54) is 44.1 Å². The molecule has 0 aromatic heterocycles. The fourth-order valence-corrected chi connectivity index (χ4v) is 5.31. The smallest absolute Gasteiger partial charge is 0.255 e. The number of fused-ring (bicyclic) bond motifs is 1. The van der Waals surface area contributed by atoms with Crippen molar-refractivity contribution in [1.29, 1.82) is 0 Å². The van der Waals surface area contributed by atoms with Gasteiger partial charge in [0.1, 0.15) is 18.9 Å². The zero-order valence-corrected chi connectivity index (χ0v) is 22.7. The van der Waals surface area contributed by atoms with Crippen molar-refractivity contribution in [2.24, 2.45) is 0 Å². The van der Waals surface area contributed by atoms with E-state index in [0.717, 1.165) is 39.6 Å². The molecule has 0 unspecified atom stereocenters. The molecule has 33 heavy (non-hydrogen) atoms. The Balaban J connectivity index is 0.00000306. The molecule has 1 aliphatic heterocycles. The molecule has 2 aromatic carbocycles. The number of rotatable bonds is 5. The van der Waals surface area contributed by atoms with E-state index in [1.54, 1.807) is 0 Å². The number of amides is 1. The van der Waals surface area contributed by atoms with Gasteiger partial charge in [0.05, 0.1) is 25.7 Å². The number of nitrogens with one attached hydrogen (secondary N) is 1. The van der Waals surface area contributed by atoms with Crippen molar-refractivity contribution < 1.29 is 38.0 Å². The monoisotopic (exact) mass is 580 g/mol. The molecule has 4 rings (SSSR count). The third-order valence-electron chi connectivity index (χ3n) is 6.88. The second-order valence-corrected chi connectivity index (χ2v) is 10.3. The van der Waals surface area contributed by atoms with Crippen LogP contribution in [0.25, 0.3) is 6.08 Å². The second-order valence-electron chi connectivity index (χ2n) is 9.83. The summed E-state index contributed by atoms with van der Waals surface area (Å²) in [5, 5.41) is 3.65. The van der Waals surface area contributed by atoms with Gasteiger partial charge in [-0.2, -0.15) is 0 Å². The first-order chi connectivity index (χ1) is 15.3. The molecule has 4 nitrogen and oxygen atoms in total.